The summed E-state index contributed by atoms with van der Waals surface area (Å²) in [5.41, 5.74) is 7.12. The fraction of sp³-hybridized carbons (Fsp3) is 0.312. The van der Waals surface area contributed by atoms with Crippen LogP contribution in [0.25, 0.3) is 10.8 Å². The van der Waals surface area contributed by atoms with Gasteiger partial charge in [-0.3, -0.25) is 4.79 Å². The van der Waals surface area contributed by atoms with Crippen molar-refractivity contribution in [3.05, 3.63) is 48.0 Å². The molecule has 0 bridgehead atoms. The number of nitrogens with two attached hydrogens (primary N) is 1. The zero-order chi connectivity index (χ0) is 13.2. The molecular weight excluding hydrogens is 236 g/mol. The lowest BCUT2D eigenvalue weighted by atomic mass is 9.98. The minimum absolute atomic E-state index is 0.0499. The summed E-state index contributed by atoms with van der Waals surface area (Å²) in [5.74, 6) is 0.0499. The van der Waals surface area contributed by atoms with E-state index in [0.29, 0.717) is 0 Å². The Balaban J connectivity index is 1.97. The second-order valence-electron chi connectivity index (χ2n) is 5.08. The SMILES string of the molecule is NC(C(=O)N1CCCC1)c1cccc2ccccc12. The standard InChI is InChI=1S/C16H18N2O/c17-15(16(19)18-10-3-4-11-18)14-9-5-7-12-6-1-2-8-13(12)14/h1-2,5-9,15H,3-4,10-11,17H2. The molecule has 2 N–H and O–H groups in total. The Bertz CT molecular complexity index is 597. The van der Waals surface area contributed by atoms with E-state index in [-0.39, 0.29) is 5.91 Å². The van der Waals surface area contributed by atoms with Gasteiger partial charge in [0.2, 0.25) is 5.91 Å². The maximum Gasteiger partial charge on any atom is 0.244 e. The molecule has 98 valence electrons. The molecule has 1 aliphatic heterocycles. The minimum atomic E-state index is -0.552. The average molecular weight is 254 g/mol. The van der Waals surface area contributed by atoms with Crippen molar-refractivity contribution in [1.82, 2.24) is 4.90 Å². The first-order valence-electron chi connectivity index (χ1n) is 6.79. The lowest BCUT2D eigenvalue weighted by molar-refractivity contribution is -0.131. The van der Waals surface area contributed by atoms with Gasteiger partial charge in [-0.15, -0.1) is 0 Å². The summed E-state index contributed by atoms with van der Waals surface area (Å²) >= 11 is 0. The summed E-state index contributed by atoms with van der Waals surface area (Å²) in [4.78, 5) is 14.3. The molecule has 1 amide bonds. The van der Waals surface area contributed by atoms with Crippen molar-refractivity contribution >= 4 is 16.7 Å². The van der Waals surface area contributed by atoms with E-state index >= 15 is 0 Å². The molecule has 2 aromatic carbocycles. The van der Waals surface area contributed by atoms with Crippen molar-refractivity contribution in [2.24, 2.45) is 5.73 Å². The van der Waals surface area contributed by atoms with Crippen LogP contribution in [0.3, 0.4) is 0 Å². The number of amides is 1. The molecule has 1 heterocycles. The van der Waals surface area contributed by atoms with E-state index in [2.05, 4.69) is 0 Å². The van der Waals surface area contributed by atoms with Gasteiger partial charge in [0.25, 0.3) is 0 Å². The van der Waals surface area contributed by atoms with E-state index < -0.39 is 6.04 Å². The smallest absolute Gasteiger partial charge is 0.244 e. The minimum Gasteiger partial charge on any atom is -0.341 e. The molecule has 19 heavy (non-hydrogen) atoms. The molecule has 0 aliphatic carbocycles. The molecule has 0 aromatic heterocycles. The van der Waals surface area contributed by atoms with E-state index in [4.69, 9.17) is 5.73 Å². The van der Waals surface area contributed by atoms with E-state index in [9.17, 15) is 4.79 Å². The van der Waals surface area contributed by atoms with Gasteiger partial charge in [0.15, 0.2) is 0 Å². The molecule has 1 aliphatic rings. The predicted molar refractivity (Wildman–Crippen MR) is 76.7 cm³/mol. The summed E-state index contributed by atoms with van der Waals surface area (Å²) in [5, 5.41) is 2.20. The monoisotopic (exact) mass is 254 g/mol. The van der Waals surface area contributed by atoms with E-state index in [1.807, 2.05) is 47.4 Å². The van der Waals surface area contributed by atoms with Crippen molar-refractivity contribution in [2.45, 2.75) is 18.9 Å². The van der Waals surface area contributed by atoms with Crippen LogP contribution in [0.15, 0.2) is 42.5 Å². The molecule has 3 heteroatoms. The Hall–Kier alpha value is -1.87. The van der Waals surface area contributed by atoms with Crippen molar-refractivity contribution in [3.8, 4) is 0 Å². The van der Waals surface area contributed by atoms with Crippen molar-refractivity contribution in [3.63, 3.8) is 0 Å². The number of carbonyl (C=O) groups is 1. The molecule has 0 radical (unpaired) electrons. The fourth-order valence-electron chi connectivity index (χ4n) is 2.79. The molecule has 2 aromatic rings. The lowest BCUT2D eigenvalue weighted by Gasteiger charge is -2.21. The maximum atomic E-state index is 12.4. The Morgan fingerprint density at radius 3 is 2.53 bits per heavy atom. The van der Waals surface area contributed by atoms with E-state index in [1.165, 1.54) is 0 Å². The van der Waals surface area contributed by atoms with Gasteiger partial charge in [0.1, 0.15) is 6.04 Å². The molecule has 3 rings (SSSR count). The number of benzene rings is 2. The Labute approximate surface area is 113 Å². The van der Waals surface area contributed by atoms with Crippen LogP contribution >= 0.6 is 0 Å². The third-order valence-electron chi connectivity index (χ3n) is 3.84. The lowest BCUT2D eigenvalue weighted by Crippen LogP contribution is -2.36. The van der Waals surface area contributed by atoms with Crippen molar-refractivity contribution < 1.29 is 4.79 Å². The number of rotatable bonds is 2. The fourth-order valence-corrected chi connectivity index (χ4v) is 2.79. The number of nitrogens with zero attached hydrogens (tertiary/aromatic N) is 1. The normalized spacial score (nSPS) is 16.8. The van der Waals surface area contributed by atoms with Crippen LogP contribution < -0.4 is 5.73 Å². The molecular formula is C16H18N2O. The summed E-state index contributed by atoms with van der Waals surface area (Å²) in [7, 11) is 0. The first-order valence-corrected chi connectivity index (χ1v) is 6.79. The molecule has 1 unspecified atom stereocenters. The van der Waals surface area contributed by atoms with Crippen molar-refractivity contribution in [1.29, 1.82) is 0 Å². The number of hydrogen-bond acceptors (Lipinski definition) is 2. The highest BCUT2D eigenvalue weighted by Crippen LogP contribution is 2.25. The highest BCUT2D eigenvalue weighted by molar-refractivity contribution is 5.92. The molecule has 0 saturated carbocycles. The van der Waals surface area contributed by atoms with Crippen LogP contribution in [0.1, 0.15) is 24.4 Å². The van der Waals surface area contributed by atoms with Crippen LogP contribution in [0.2, 0.25) is 0 Å². The van der Waals surface area contributed by atoms with Crippen LogP contribution in [-0.2, 0) is 4.79 Å². The second-order valence-corrected chi connectivity index (χ2v) is 5.08. The van der Waals surface area contributed by atoms with E-state index in [0.717, 1.165) is 42.3 Å². The van der Waals surface area contributed by atoms with Gasteiger partial charge in [0, 0.05) is 13.1 Å². The average Bonchev–Trinajstić information content (AvgIpc) is 2.99. The van der Waals surface area contributed by atoms with Crippen LogP contribution in [0.4, 0.5) is 0 Å². The highest BCUT2D eigenvalue weighted by Gasteiger charge is 2.25. The van der Waals surface area contributed by atoms with Gasteiger partial charge in [-0.1, -0.05) is 42.5 Å². The third-order valence-corrected chi connectivity index (χ3v) is 3.84. The number of fused-ring (bicyclic) bond motifs is 1. The van der Waals surface area contributed by atoms with Crippen molar-refractivity contribution in [2.75, 3.05) is 13.1 Å². The Kier molecular flexibility index (Phi) is 3.22. The topological polar surface area (TPSA) is 46.3 Å². The maximum absolute atomic E-state index is 12.4. The molecule has 1 atom stereocenters. The number of carbonyl (C=O) groups excluding carboxylic acids is 1. The van der Waals surface area contributed by atoms with Gasteiger partial charge in [-0.05, 0) is 29.2 Å². The molecule has 0 spiro atoms. The number of likely N-dealkylation sites (tertiary alicyclic amines) is 1. The molecule has 1 saturated heterocycles. The number of hydrogen-bond donors (Lipinski definition) is 1. The molecule has 3 nitrogen and oxygen atoms in total. The van der Waals surface area contributed by atoms with Crippen LogP contribution in [-0.4, -0.2) is 23.9 Å². The largest absolute Gasteiger partial charge is 0.341 e. The predicted octanol–water partition coefficient (Wildman–Crippen LogP) is 2.46. The second kappa shape index (κ2) is 5.02. The van der Waals surface area contributed by atoms with Gasteiger partial charge in [-0.25, -0.2) is 0 Å². The van der Waals surface area contributed by atoms with Gasteiger partial charge < -0.3 is 10.6 Å². The van der Waals surface area contributed by atoms with Crippen LogP contribution in [0.5, 0.6) is 0 Å². The zero-order valence-electron chi connectivity index (χ0n) is 10.9. The summed E-state index contributed by atoms with van der Waals surface area (Å²) in [6.07, 6.45) is 2.18. The first kappa shape index (κ1) is 12.2. The summed E-state index contributed by atoms with van der Waals surface area (Å²) in [6.45, 7) is 1.69. The van der Waals surface area contributed by atoms with Crippen LogP contribution in [0, 0.1) is 0 Å². The van der Waals surface area contributed by atoms with Gasteiger partial charge in [0.05, 0.1) is 0 Å². The quantitative estimate of drug-likeness (QED) is 0.894. The first-order chi connectivity index (χ1) is 9.27. The third kappa shape index (κ3) is 2.22. The Morgan fingerprint density at radius 1 is 1.05 bits per heavy atom. The highest BCUT2D eigenvalue weighted by atomic mass is 16.2. The van der Waals surface area contributed by atoms with Gasteiger partial charge >= 0.3 is 0 Å². The summed E-state index contributed by atoms with van der Waals surface area (Å²) < 4.78 is 0. The Morgan fingerprint density at radius 2 is 1.74 bits per heavy atom. The van der Waals surface area contributed by atoms with E-state index in [1.54, 1.807) is 0 Å². The zero-order valence-corrected chi connectivity index (χ0v) is 10.9. The van der Waals surface area contributed by atoms with Gasteiger partial charge in [-0.2, -0.15) is 0 Å². The summed E-state index contributed by atoms with van der Waals surface area (Å²) in [6, 6.07) is 13.5. The molecule has 1 fully saturated rings.